The molecule has 6 nitrogen and oxygen atoms in total. The number of H-pyrrole nitrogens is 2. The highest BCUT2D eigenvalue weighted by Crippen LogP contribution is 2.38. The van der Waals surface area contributed by atoms with Crippen molar-refractivity contribution in [2.75, 3.05) is 5.75 Å². The number of hydrogen-bond donors (Lipinski definition) is 2. The minimum Gasteiger partial charge on any atom is -0.460 e. The molecule has 8 aromatic rings. The largest absolute Gasteiger partial charge is 0.460 e. The Morgan fingerprint density at radius 1 is 0.433 bits per heavy atom. The van der Waals surface area contributed by atoms with E-state index in [2.05, 4.69) is 143 Å². The number of carbonyl (C=O) groups is 1. The first kappa shape index (κ1) is 36.8. The predicted octanol–water partition coefficient (Wildman–Crippen LogP) is 13.2. The van der Waals surface area contributed by atoms with Gasteiger partial charge in [-0.25, -0.2) is 9.97 Å². The number of nitrogens with one attached hydrogen (secondary N) is 2. The number of ether oxygens (including phenoxy) is 1. The second-order valence-corrected chi connectivity index (χ2v) is 15.6. The van der Waals surface area contributed by atoms with E-state index in [-0.39, 0.29) is 18.3 Å². The molecule has 60 heavy (non-hydrogen) atoms. The number of esters is 1. The Morgan fingerprint density at radius 2 is 0.783 bits per heavy atom. The van der Waals surface area contributed by atoms with Crippen LogP contribution in [-0.2, 0) is 16.1 Å². The van der Waals surface area contributed by atoms with Crippen LogP contribution in [-0.4, -0.2) is 31.7 Å². The molecule has 0 fully saturated rings. The van der Waals surface area contributed by atoms with E-state index >= 15 is 0 Å². The third-order valence-corrected chi connectivity index (χ3v) is 11.7. The van der Waals surface area contributed by atoms with Crippen LogP contribution in [0.4, 0.5) is 0 Å². The van der Waals surface area contributed by atoms with Crippen molar-refractivity contribution in [2.24, 2.45) is 0 Å². The summed E-state index contributed by atoms with van der Waals surface area (Å²) in [6, 6.07) is 57.9. The Balaban J connectivity index is 1.17. The lowest BCUT2D eigenvalue weighted by molar-refractivity contribution is -0.141. The highest BCUT2D eigenvalue weighted by molar-refractivity contribution is 8.00. The Labute approximate surface area is 352 Å². The van der Waals surface area contributed by atoms with Crippen molar-refractivity contribution >= 4 is 64.1 Å². The quantitative estimate of drug-likeness (QED) is 0.112. The zero-order valence-electron chi connectivity index (χ0n) is 32.5. The van der Waals surface area contributed by atoms with Crippen LogP contribution in [0.1, 0.15) is 28.3 Å². The number of aromatic nitrogens is 4. The molecule has 2 aliphatic heterocycles. The first-order chi connectivity index (χ1) is 29.6. The van der Waals surface area contributed by atoms with Crippen molar-refractivity contribution in [3.05, 3.63) is 198 Å². The lowest BCUT2D eigenvalue weighted by atomic mass is 10.0. The SMILES string of the molecule is O=C(CSc1ccccc1)OCc1ccc(-c2c3nc(c(-c4ccccc4)c4ccc([nH]4)c(-c4ccccc4)c4nc(c(-c5ccccc5)c5ccc2[nH]5)C=C4)C=C3)cc1. The van der Waals surface area contributed by atoms with Gasteiger partial charge in [0.05, 0.1) is 28.5 Å². The summed E-state index contributed by atoms with van der Waals surface area (Å²) in [6.45, 7) is 0.191. The smallest absolute Gasteiger partial charge is 0.316 e. The van der Waals surface area contributed by atoms with Gasteiger partial charge in [-0.3, -0.25) is 4.79 Å². The molecule has 288 valence electrons. The third kappa shape index (κ3) is 7.50. The summed E-state index contributed by atoms with van der Waals surface area (Å²) in [4.78, 5) is 32.1. The first-order valence-corrected chi connectivity index (χ1v) is 20.9. The van der Waals surface area contributed by atoms with E-state index < -0.39 is 0 Å². The summed E-state index contributed by atoms with van der Waals surface area (Å²) in [5, 5.41) is 0. The van der Waals surface area contributed by atoms with Gasteiger partial charge in [0.1, 0.15) is 6.61 Å². The van der Waals surface area contributed by atoms with Gasteiger partial charge in [-0.05, 0) is 88.5 Å². The number of carbonyl (C=O) groups excluding carboxylic acids is 1. The van der Waals surface area contributed by atoms with Crippen LogP contribution >= 0.6 is 11.8 Å². The van der Waals surface area contributed by atoms with Gasteiger partial charge in [0, 0.05) is 49.2 Å². The minimum atomic E-state index is -0.252. The van der Waals surface area contributed by atoms with E-state index in [0.717, 1.165) is 99.8 Å². The fraction of sp³-hybridized carbons (Fsp3) is 0.0377. The Hall–Kier alpha value is -7.48. The standard InChI is InChI=1S/C53H38N4O2S/c58-49(34-60-40-19-11-4-12-20-40)59-33-35-21-23-39(24-22-35)53-47-31-29-45(56-47)51(37-15-7-2-8-16-37)43-27-25-41(54-43)50(36-13-5-1-6-14-36)42-26-28-44(55-42)52(38-17-9-3-10-18-38)46-30-32-48(53)57-46/h1-32,54,57H,33-34H2. The number of thioether (sulfide) groups is 1. The molecule has 8 bridgehead atoms. The summed E-state index contributed by atoms with van der Waals surface area (Å²) in [6.07, 6.45) is 8.44. The summed E-state index contributed by atoms with van der Waals surface area (Å²) >= 11 is 1.47. The zero-order chi connectivity index (χ0) is 40.3. The number of aromatic amines is 2. The van der Waals surface area contributed by atoms with Crippen LogP contribution in [0, 0.1) is 0 Å². The van der Waals surface area contributed by atoms with E-state index in [4.69, 9.17) is 14.7 Å². The third-order valence-electron chi connectivity index (χ3n) is 10.7. The van der Waals surface area contributed by atoms with Crippen LogP contribution < -0.4 is 0 Å². The molecule has 10 rings (SSSR count). The fourth-order valence-corrected chi connectivity index (χ4v) is 8.58. The van der Waals surface area contributed by atoms with E-state index in [9.17, 15) is 4.79 Å². The molecular formula is C53H38N4O2S. The van der Waals surface area contributed by atoms with Crippen LogP contribution in [0.25, 0.3) is 90.9 Å². The molecule has 0 aliphatic carbocycles. The zero-order valence-corrected chi connectivity index (χ0v) is 33.3. The van der Waals surface area contributed by atoms with Crippen molar-refractivity contribution in [1.29, 1.82) is 0 Å². The summed E-state index contributed by atoms with van der Waals surface area (Å²) in [5.74, 6) is 0.0000938. The molecule has 0 saturated heterocycles. The van der Waals surface area contributed by atoms with E-state index in [1.54, 1.807) is 0 Å². The number of benzene rings is 5. The van der Waals surface area contributed by atoms with Crippen molar-refractivity contribution in [3.8, 4) is 44.5 Å². The lowest BCUT2D eigenvalue weighted by Crippen LogP contribution is -2.07. The molecule has 7 heteroatoms. The van der Waals surface area contributed by atoms with Gasteiger partial charge in [0.2, 0.25) is 0 Å². The molecule has 0 amide bonds. The summed E-state index contributed by atoms with van der Waals surface area (Å²) in [7, 11) is 0. The van der Waals surface area contributed by atoms with Crippen LogP contribution in [0.3, 0.4) is 0 Å². The van der Waals surface area contributed by atoms with Crippen molar-refractivity contribution in [1.82, 2.24) is 19.9 Å². The molecule has 0 unspecified atom stereocenters. The van der Waals surface area contributed by atoms with Crippen molar-refractivity contribution in [2.45, 2.75) is 11.5 Å². The normalized spacial score (nSPS) is 11.8. The van der Waals surface area contributed by atoms with Gasteiger partial charge in [0.15, 0.2) is 0 Å². The van der Waals surface area contributed by atoms with Crippen LogP contribution in [0.15, 0.2) is 175 Å². The monoisotopic (exact) mass is 794 g/mol. The number of nitrogens with zero attached hydrogens (tertiary/aromatic N) is 2. The van der Waals surface area contributed by atoms with Gasteiger partial charge in [-0.15, -0.1) is 11.8 Å². The minimum absolute atomic E-state index is 0.191. The first-order valence-electron chi connectivity index (χ1n) is 19.9. The molecular weight excluding hydrogens is 757 g/mol. The fourth-order valence-electron chi connectivity index (χ4n) is 7.87. The van der Waals surface area contributed by atoms with Gasteiger partial charge in [-0.2, -0.15) is 0 Å². The molecule has 2 N–H and O–H groups in total. The second-order valence-electron chi connectivity index (χ2n) is 14.6. The molecule has 5 heterocycles. The summed E-state index contributed by atoms with van der Waals surface area (Å²) in [5.41, 5.74) is 16.2. The Bertz CT molecular complexity index is 3040. The van der Waals surface area contributed by atoms with Crippen LogP contribution in [0.5, 0.6) is 0 Å². The summed E-state index contributed by atoms with van der Waals surface area (Å²) < 4.78 is 5.68. The van der Waals surface area contributed by atoms with Gasteiger partial charge >= 0.3 is 5.97 Å². The van der Waals surface area contributed by atoms with Crippen molar-refractivity contribution in [3.63, 3.8) is 0 Å². The second kappa shape index (κ2) is 16.4. The maximum Gasteiger partial charge on any atom is 0.316 e. The molecule has 3 aromatic heterocycles. The predicted molar refractivity (Wildman–Crippen MR) is 248 cm³/mol. The van der Waals surface area contributed by atoms with E-state index in [1.165, 1.54) is 11.8 Å². The Kier molecular flexibility index (Phi) is 10.1. The van der Waals surface area contributed by atoms with Crippen molar-refractivity contribution < 1.29 is 9.53 Å². The van der Waals surface area contributed by atoms with E-state index in [0.29, 0.717) is 0 Å². The molecule has 0 saturated carbocycles. The highest BCUT2D eigenvalue weighted by atomic mass is 32.2. The maximum atomic E-state index is 12.7. The molecule has 0 radical (unpaired) electrons. The van der Waals surface area contributed by atoms with Gasteiger partial charge in [-0.1, -0.05) is 133 Å². The Morgan fingerprint density at radius 3 is 1.17 bits per heavy atom. The number of rotatable bonds is 9. The number of fused-ring (bicyclic) bond motifs is 8. The molecule has 0 spiro atoms. The molecule has 0 atom stereocenters. The maximum absolute atomic E-state index is 12.7. The highest BCUT2D eigenvalue weighted by Gasteiger charge is 2.19. The van der Waals surface area contributed by atoms with Gasteiger partial charge in [0.25, 0.3) is 0 Å². The van der Waals surface area contributed by atoms with Gasteiger partial charge < -0.3 is 14.7 Å². The lowest BCUT2D eigenvalue weighted by Gasteiger charge is -2.08. The van der Waals surface area contributed by atoms with E-state index in [1.807, 2.05) is 60.7 Å². The van der Waals surface area contributed by atoms with Crippen LogP contribution in [0.2, 0.25) is 0 Å². The molecule has 5 aromatic carbocycles. The average Bonchev–Trinajstić information content (AvgIpc) is 4.15. The topological polar surface area (TPSA) is 83.7 Å². The molecule has 2 aliphatic rings. The number of hydrogen-bond acceptors (Lipinski definition) is 5. The average molecular weight is 795 g/mol.